The third kappa shape index (κ3) is 3.43. The number of aryl methyl sites for hydroxylation is 3. The molecule has 0 amide bonds. The van der Waals surface area contributed by atoms with Crippen LogP contribution in [0.3, 0.4) is 0 Å². The smallest absolute Gasteiger partial charge is 0.332 e. The minimum Gasteiger partial charge on any atom is -0.342 e. The number of benzene rings is 2. The first kappa shape index (κ1) is 20.3. The van der Waals surface area contributed by atoms with E-state index < -0.39 is 0 Å². The lowest BCUT2D eigenvalue weighted by molar-refractivity contribution is 0.562. The van der Waals surface area contributed by atoms with Gasteiger partial charge in [-0.25, -0.2) is 4.79 Å². The van der Waals surface area contributed by atoms with Crippen molar-refractivity contribution >= 4 is 17.1 Å². The van der Waals surface area contributed by atoms with Crippen molar-refractivity contribution < 1.29 is 0 Å². The van der Waals surface area contributed by atoms with Gasteiger partial charge in [-0.2, -0.15) is 4.98 Å². The molecule has 0 bridgehead atoms. The molecule has 0 saturated heterocycles. The van der Waals surface area contributed by atoms with Crippen molar-refractivity contribution in [2.45, 2.75) is 32.9 Å². The number of anilines is 1. The molecule has 5 rings (SSSR count). The minimum absolute atomic E-state index is 0.256. The molecule has 4 aromatic rings. The second-order valence-electron chi connectivity index (χ2n) is 8.47. The predicted molar refractivity (Wildman–Crippen MR) is 126 cm³/mol. The molecule has 2 aromatic carbocycles. The quantitative estimate of drug-likeness (QED) is 0.489. The zero-order valence-corrected chi connectivity index (χ0v) is 18.5. The van der Waals surface area contributed by atoms with E-state index in [1.54, 1.807) is 7.05 Å². The first-order valence-electron chi connectivity index (χ1n) is 11.1. The minimum atomic E-state index is -0.336. The van der Waals surface area contributed by atoms with Crippen LogP contribution in [0.15, 0.2) is 64.2 Å². The van der Waals surface area contributed by atoms with Crippen molar-refractivity contribution in [1.82, 2.24) is 18.7 Å². The Hall–Kier alpha value is -3.61. The van der Waals surface area contributed by atoms with E-state index in [-0.39, 0.29) is 17.8 Å². The van der Waals surface area contributed by atoms with E-state index in [2.05, 4.69) is 17.0 Å². The standard InChI is InChI=1S/C25H27N5O2/c1-18-9-6-7-12-20(18)17-30-23(31)21-22(27(2)25(30)32)26-24-28(14-8-15-29(21)24)16-13-19-10-4-3-5-11-19/h3-7,9-12H,8,13-17H2,1-2H3. The summed E-state index contributed by atoms with van der Waals surface area (Å²) in [6.07, 6.45) is 1.84. The molecule has 7 nitrogen and oxygen atoms in total. The summed E-state index contributed by atoms with van der Waals surface area (Å²) < 4.78 is 4.85. The molecule has 0 atom stereocenters. The van der Waals surface area contributed by atoms with Gasteiger partial charge in [0.1, 0.15) is 0 Å². The fourth-order valence-corrected chi connectivity index (χ4v) is 4.55. The number of rotatable bonds is 5. The van der Waals surface area contributed by atoms with Gasteiger partial charge >= 0.3 is 5.69 Å². The van der Waals surface area contributed by atoms with Crippen LogP contribution < -0.4 is 16.1 Å². The van der Waals surface area contributed by atoms with Crippen molar-refractivity contribution in [3.8, 4) is 0 Å². The van der Waals surface area contributed by atoms with Gasteiger partial charge in [0.15, 0.2) is 11.2 Å². The van der Waals surface area contributed by atoms with Gasteiger partial charge in [-0.3, -0.25) is 13.9 Å². The Kier molecular flexibility index (Phi) is 5.17. The van der Waals surface area contributed by atoms with Crippen LogP contribution in [0.2, 0.25) is 0 Å². The van der Waals surface area contributed by atoms with Crippen LogP contribution in [0.5, 0.6) is 0 Å². The van der Waals surface area contributed by atoms with E-state index in [4.69, 9.17) is 4.98 Å². The second-order valence-corrected chi connectivity index (χ2v) is 8.47. The van der Waals surface area contributed by atoms with Crippen LogP contribution in [0.4, 0.5) is 5.95 Å². The molecule has 1 aliphatic heterocycles. The van der Waals surface area contributed by atoms with Crippen molar-refractivity contribution in [2.75, 3.05) is 18.0 Å². The molecule has 7 heteroatoms. The highest BCUT2D eigenvalue weighted by Gasteiger charge is 2.26. The Labute approximate surface area is 186 Å². The molecule has 0 radical (unpaired) electrons. The SMILES string of the molecule is Cc1ccccc1Cn1c(=O)c2c(nc3n2CCCN3CCc2ccccc2)n(C)c1=O. The largest absolute Gasteiger partial charge is 0.342 e. The average Bonchev–Trinajstić information content (AvgIpc) is 3.21. The maximum Gasteiger partial charge on any atom is 0.332 e. The molecule has 32 heavy (non-hydrogen) atoms. The topological polar surface area (TPSA) is 65.1 Å². The number of nitrogens with zero attached hydrogens (tertiary/aromatic N) is 5. The zero-order valence-electron chi connectivity index (χ0n) is 18.5. The van der Waals surface area contributed by atoms with Crippen molar-refractivity contribution in [3.05, 3.63) is 92.1 Å². The van der Waals surface area contributed by atoms with Crippen LogP contribution in [0, 0.1) is 6.92 Å². The molecule has 1 aliphatic rings. The lowest BCUT2D eigenvalue weighted by Gasteiger charge is -2.29. The summed E-state index contributed by atoms with van der Waals surface area (Å²) in [5.41, 5.74) is 3.67. The molecule has 0 N–H and O–H groups in total. The lowest BCUT2D eigenvalue weighted by atomic mass is 10.1. The summed E-state index contributed by atoms with van der Waals surface area (Å²) in [7, 11) is 1.70. The van der Waals surface area contributed by atoms with Gasteiger partial charge in [0.2, 0.25) is 5.95 Å². The monoisotopic (exact) mass is 429 g/mol. The third-order valence-electron chi connectivity index (χ3n) is 6.41. The molecule has 3 heterocycles. The Balaban J connectivity index is 1.57. The van der Waals surface area contributed by atoms with Gasteiger partial charge in [0.05, 0.1) is 6.54 Å². The molecule has 0 unspecified atom stereocenters. The number of imidazole rings is 1. The fourth-order valence-electron chi connectivity index (χ4n) is 4.55. The summed E-state index contributed by atoms with van der Waals surface area (Å²) in [6.45, 7) is 4.69. The van der Waals surface area contributed by atoms with E-state index in [1.807, 2.05) is 54.0 Å². The van der Waals surface area contributed by atoms with Gasteiger partial charge in [0.25, 0.3) is 5.56 Å². The Morgan fingerprint density at radius 2 is 1.72 bits per heavy atom. The molecular formula is C25H27N5O2. The predicted octanol–water partition coefficient (Wildman–Crippen LogP) is 2.71. The van der Waals surface area contributed by atoms with Crippen LogP contribution in [-0.2, 0) is 26.6 Å². The summed E-state index contributed by atoms with van der Waals surface area (Å²) in [5.74, 6) is 0.780. The van der Waals surface area contributed by atoms with Gasteiger partial charge in [0, 0.05) is 26.7 Å². The highest BCUT2D eigenvalue weighted by atomic mass is 16.2. The van der Waals surface area contributed by atoms with Crippen molar-refractivity contribution in [3.63, 3.8) is 0 Å². The van der Waals surface area contributed by atoms with Gasteiger partial charge < -0.3 is 9.47 Å². The molecular weight excluding hydrogens is 402 g/mol. The summed E-state index contributed by atoms with van der Waals surface area (Å²) in [5, 5.41) is 0. The number of hydrogen-bond donors (Lipinski definition) is 0. The van der Waals surface area contributed by atoms with Crippen molar-refractivity contribution in [2.24, 2.45) is 7.05 Å². The Morgan fingerprint density at radius 3 is 2.50 bits per heavy atom. The zero-order chi connectivity index (χ0) is 22.2. The summed E-state index contributed by atoms with van der Waals surface area (Å²) in [4.78, 5) is 33.6. The maximum atomic E-state index is 13.5. The van der Waals surface area contributed by atoms with Crippen LogP contribution in [0.1, 0.15) is 23.1 Å². The Morgan fingerprint density at radius 1 is 0.969 bits per heavy atom. The highest BCUT2D eigenvalue weighted by molar-refractivity contribution is 5.75. The highest BCUT2D eigenvalue weighted by Crippen LogP contribution is 2.24. The number of aromatic nitrogens is 4. The fraction of sp³-hybridized carbons (Fsp3) is 0.320. The summed E-state index contributed by atoms with van der Waals surface area (Å²) >= 11 is 0. The van der Waals surface area contributed by atoms with Crippen LogP contribution >= 0.6 is 0 Å². The van der Waals surface area contributed by atoms with E-state index in [1.165, 1.54) is 14.7 Å². The molecule has 0 fully saturated rings. The van der Waals surface area contributed by atoms with E-state index >= 15 is 0 Å². The molecule has 2 aromatic heterocycles. The van der Waals surface area contributed by atoms with Crippen LogP contribution in [0.25, 0.3) is 11.2 Å². The second kappa shape index (κ2) is 8.15. The molecule has 0 saturated carbocycles. The van der Waals surface area contributed by atoms with E-state index in [0.29, 0.717) is 11.2 Å². The van der Waals surface area contributed by atoms with E-state index in [0.717, 1.165) is 49.6 Å². The van der Waals surface area contributed by atoms with Gasteiger partial charge in [-0.15, -0.1) is 0 Å². The summed E-state index contributed by atoms with van der Waals surface area (Å²) in [6, 6.07) is 18.2. The normalized spacial score (nSPS) is 13.5. The average molecular weight is 430 g/mol. The number of hydrogen-bond acceptors (Lipinski definition) is 4. The lowest BCUT2D eigenvalue weighted by Crippen LogP contribution is -2.40. The van der Waals surface area contributed by atoms with Gasteiger partial charge in [-0.05, 0) is 36.5 Å². The molecule has 164 valence electrons. The first-order chi connectivity index (χ1) is 15.5. The van der Waals surface area contributed by atoms with Gasteiger partial charge in [-0.1, -0.05) is 54.6 Å². The molecule has 0 aliphatic carbocycles. The first-order valence-corrected chi connectivity index (χ1v) is 11.1. The van der Waals surface area contributed by atoms with Crippen molar-refractivity contribution in [1.29, 1.82) is 0 Å². The Bertz CT molecular complexity index is 1400. The van der Waals surface area contributed by atoms with E-state index in [9.17, 15) is 9.59 Å². The maximum absolute atomic E-state index is 13.5. The van der Waals surface area contributed by atoms with Crippen LogP contribution in [-0.4, -0.2) is 31.8 Å². The number of fused-ring (bicyclic) bond motifs is 3. The third-order valence-corrected chi connectivity index (χ3v) is 6.41. The molecule has 0 spiro atoms.